The highest BCUT2D eigenvalue weighted by Gasteiger charge is 2.52. The Balaban J connectivity index is 1.19. The third kappa shape index (κ3) is 5.05. The smallest absolute Gasteiger partial charge is 0.247 e. The predicted molar refractivity (Wildman–Crippen MR) is 149 cm³/mol. The summed E-state index contributed by atoms with van der Waals surface area (Å²) in [5, 5.41) is 12.6. The molecule has 0 radical (unpaired) electrons. The zero-order valence-electron chi connectivity index (χ0n) is 21.9. The lowest BCUT2D eigenvalue weighted by molar-refractivity contribution is -0.121. The Hall–Kier alpha value is -4.57. The van der Waals surface area contributed by atoms with E-state index in [-0.39, 0.29) is 0 Å². The molecule has 5 aromatic rings. The number of carbonyl (C=O) groups is 1. The number of amides is 1. The van der Waals surface area contributed by atoms with E-state index in [1.807, 2.05) is 85.8 Å². The minimum Gasteiger partial charge on any atom is -0.420 e. The number of benzene rings is 3. The molecule has 1 aliphatic rings. The Labute approximate surface area is 231 Å². The molecule has 0 atom stereocenters. The SMILES string of the molecule is Cc1noc(-c2ccc(-c3ccc(C4(C(=O)NS(C)(=O)=O)CC4)cc3)cc2)c1Cc1nnc(-c2ccccc2)o1. The molecule has 9 nitrogen and oxygen atoms in total. The summed E-state index contributed by atoms with van der Waals surface area (Å²) in [7, 11) is -3.61. The van der Waals surface area contributed by atoms with Crippen LogP contribution in [0.15, 0.2) is 87.8 Å². The Bertz CT molecular complexity index is 1790. The van der Waals surface area contributed by atoms with E-state index in [1.54, 1.807) is 0 Å². The van der Waals surface area contributed by atoms with Gasteiger partial charge in [-0.3, -0.25) is 9.52 Å². The number of aromatic nitrogens is 3. The minimum absolute atomic E-state index is 0.391. The van der Waals surface area contributed by atoms with Gasteiger partial charge in [0, 0.05) is 16.7 Å². The molecule has 0 unspecified atom stereocenters. The molecule has 10 heteroatoms. The number of hydrogen-bond acceptors (Lipinski definition) is 8. The van der Waals surface area contributed by atoms with Crippen molar-refractivity contribution in [1.29, 1.82) is 0 Å². The summed E-state index contributed by atoms with van der Waals surface area (Å²) in [6.07, 6.45) is 2.63. The predicted octanol–water partition coefficient (Wildman–Crippen LogP) is 5.07. The molecule has 6 rings (SSSR count). The summed E-state index contributed by atoms with van der Waals surface area (Å²) >= 11 is 0. The number of rotatable bonds is 8. The van der Waals surface area contributed by atoms with Crippen LogP contribution in [0.1, 0.15) is 35.6 Å². The van der Waals surface area contributed by atoms with Crippen molar-refractivity contribution in [1.82, 2.24) is 20.1 Å². The van der Waals surface area contributed by atoms with E-state index >= 15 is 0 Å². The third-order valence-electron chi connectivity index (χ3n) is 7.18. The molecule has 1 fully saturated rings. The van der Waals surface area contributed by atoms with Crippen LogP contribution < -0.4 is 4.72 Å². The lowest BCUT2D eigenvalue weighted by atomic mass is 9.93. The van der Waals surface area contributed by atoms with Crippen molar-refractivity contribution in [2.24, 2.45) is 0 Å². The fourth-order valence-corrected chi connectivity index (χ4v) is 5.36. The van der Waals surface area contributed by atoms with Crippen LogP contribution >= 0.6 is 0 Å². The Morgan fingerprint density at radius 2 is 1.50 bits per heavy atom. The standard InChI is InChI=1S/C30H26N4O5S/c1-19-25(18-26-31-32-28(38-26)23-6-4-3-5-7-23)27(39-33-19)22-10-8-20(9-11-22)21-12-14-24(15-13-21)30(16-17-30)29(35)34-40(2,36)37/h3-15H,16-18H2,1-2H3,(H,34,35). The normalized spacial score (nSPS) is 14.2. The molecule has 2 heterocycles. The number of carbonyl (C=O) groups excluding carboxylic acids is 1. The van der Waals surface area contributed by atoms with E-state index in [0.717, 1.165) is 45.3 Å². The molecule has 0 spiro atoms. The molecule has 2 aromatic heterocycles. The van der Waals surface area contributed by atoms with Gasteiger partial charge in [-0.1, -0.05) is 71.9 Å². The molecule has 40 heavy (non-hydrogen) atoms. The quantitative estimate of drug-likeness (QED) is 0.282. The Kier molecular flexibility index (Phi) is 6.34. The van der Waals surface area contributed by atoms with Gasteiger partial charge in [-0.15, -0.1) is 10.2 Å². The van der Waals surface area contributed by atoms with Crippen LogP contribution in [-0.4, -0.2) is 35.9 Å². The number of nitrogens with one attached hydrogen (secondary N) is 1. The van der Waals surface area contributed by atoms with Crippen molar-refractivity contribution in [2.75, 3.05) is 6.26 Å². The topological polar surface area (TPSA) is 128 Å². The molecule has 202 valence electrons. The second kappa shape index (κ2) is 9.87. The van der Waals surface area contributed by atoms with E-state index < -0.39 is 21.3 Å². The Morgan fingerprint density at radius 3 is 2.12 bits per heavy atom. The molecule has 1 amide bonds. The summed E-state index contributed by atoms with van der Waals surface area (Å²) in [6.45, 7) is 1.88. The molecule has 0 bridgehead atoms. The van der Waals surface area contributed by atoms with Crippen LogP contribution in [0.4, 0.5) is 0 Å². The van der Waals surface area contributed by atoms with Crippen LogP contribution in [0.2, 0.25) is 0 Å². The lowest BCUT2D eigenvalue weighted by Gasteiger charge is -2.15. The largest absolute Gasteiger partial charge is 0.420 e. The summed E-state index contributed by atoms with van der Waals surface area (Å²) in [4.78, 5) is 12.6. The zero-order valence-corrected chi connectivity index (χ0v) is 22.7. The van der Waals surface area contributed by atoms with Gasteiger partial charge in [0.2, 0.25) is 27.7 Å². The van der Waals surface area contributed by atoms with Gasteiger partial charge >= 0.3 is 0 Å². The zero-order chi connectivity index (χ0) is 27.9. The van der Waals surface area contributed by atoms with Gasteiger partial charge in [-0.05, 0) is 48.6 Å². The van der Waals surface area contributed by atoms with Crippen molar-refractivity contribution < 1.29 is 22.2 Å². The maximum atomic E-state index is 12.6. The van der Waals surface area contributed by atoms with Gasteiger partial charge in [0.25, 0.3) is 0 Å². The summed E-state index contributed by atoms with van der Waals surface area (Å²) in [5.74, 6) is 1.11. The van der Waals surface area contributed by atoms with Crippen LogP contribution in [0.5, 0.6) is 0 Å². The second-order valence-electron chi connectivity index (χ2n) is 10.1. The maximum Gasteiger partial charge on any atom is 0.247 e. The van der Waals surface area contributed by atoms with Crippen LogP contribution in [0.25, 0.3) is 33.9 Å². The Morgan fingerprint density at radius 1 is 0.875 bits per heavy atom. The molecule has 1 aliphatic carbocycles. The maximum absolute atomic E-state index is 12.6. The molecule has 1 N–H and O–H groups in total. The van der Waals surface area contributed by atoms with Crippen LogP contribution in [0, 0.1) is 6.92 Å². The van der Waals surface area contributed by atoms with Gasteiger partial charge in [0.1, 0.15) is 0 Å². The van der Waals surface area contributed by atoms with E-state index in [0.29, 0.717) is 36.8 Å². The highest BCUT2D eigenvalue weighted by Crippen LogP contribution is 2.48. The highest BCUT2D eigenvalue weighted by atomic mass is 32.2. The van der Waals surface area contributed by atoms with Crippen LogP contribution in [-0.2, 0) is 26.7 Å². The van der Waals surface area contributed by atoms with Gasteiger partial charge in [-0.25, -0.2) is 8.42 Å². The molecular formula is C30H26N4O5S. The van der Waals surface area contributed by atoms with Crippen molar-refractivity contribution in [2.45, 2.75) is 31.6 Å². The monoisotopic (exact) mass is 554 g/mol. The van der Waals surface area contributed by atoms with Crippen molar-refractivity contribution in [3.8, 4) is 33.9 Å². The average Bonchev–Trinajstić information content (AvgIpc) is 3.51. The molecule has 0 saturated heterocycles. The first-order valence-electron chi connectivity index (χ1n) is 12.8. The van der Waals surface area contributed by atoms with Crippen molar-refractivity contribution in [3.05, 3.63) is 102 Å². The summed E-state index contributed by atoms with van der Waals surface area (Å²) in [6, 6.07) is 25.2. The van der Waals surface area contributed by atoms with Gasteiger partial charge in [0.15, 0.2) is 5.76 Å². The fraction of sp³-hybridized carbons (Fsp3) is 0.200. The molecule has 0 aliphatic heterocycles. The number of nitrogens with zero attached hydrogens (tertiary/aromatic N) is 3. The summed E-state index contributed by atoms with van der Waals surface area (Å²) in [5.41, 5.74) is 5.36. The second-order valence-corrected chi connectivity index (χ2v) is 11.8. The van der Waals surface area contributed by atoms with E-state index in [1.165, 1.54) is 0 Å². The highest BCUT2D eigenvalue weighted by molar-refractivity contribution is 7.89. The first-order chi connectivity index (χ1) is 19.2. The molecule has 3 aromatic carbocycles. The minimum atomic E-state index is -3.61. The fourth-order valence-electron chi connectivity index (χ4n) is 4.83. The van der Waals surface area contributed by atoms with Crippen molar-refractivity contribution in [3.63, 3.8) is 0 Å². The first kappa shape index (κ1) is 25.7. The van der Waals surface area contributed by atoms with E-state index in [4.69, 9.17) is 8.94 Å². The van der Waals surface area contributed by atoms with Gasteiger partial charge < -0.3 is 8.94 Å². The first-order valence-corrected chi connectivity index (χ1v) is 14.7. The molecular weight excluding hydrogens is 528 g/mol. The third-order valence-corrected chi connectivity index (χ3v) is 7.74. The van der Waals surface area contributed by atoms with Gasteiger partial charge in [-0.2, -0.15) is 0 Å². The summed E-state index contributed by atoms with van der Waals surface area (Å²) < 4.78 is 36.8. The number of hydrogen-bond donors (Lipinski definition) is 1. The lowest BCUT2D eigenvalue weighted by Crippen LogP contribution is -2.38. The van der Waals surface area contributed by atoms with E-state index in [2.05, 4.69) is 20.1 Å². The van der Waals surface area contributed by atoms with Crippen molar-refractivity contribution >= 4 is 15.9 Å². The van der Waals surface area contributed by atoms with Gasteiger partial charge in [0.05, 0.1) is 23.8 Å². The van der Waals surface area contributed by atoms with E-state index in [9.17, 15) is 13.2 Å². The molecule has 1 saturated carbocycles. The average molecular weight is 555 g/mol. The number of aryl methyl sites for hydroxylation is 1. The number of sulfonamides is 1. The van der Waals surface area contributed by atoms with Crippen LogP contribution in [0.3, 0.4) is 0 Å².